The Morgan fingerprint density at radius 2 is 2.07 bits per heavy atom. The number of aromatic nitrogens is 3. The number of nitrogens with one attached hydrogen (secondary N) is 1. The summed E-state index contributed by atoms with van der Waals surface area (Å²) in [4.78, 5) is 24.7. The van der Waals surface area contributed by atoms with Crippen molar-refractivity contribution in [3.8, 4) is 11.5 Å². The standard InChI is InChI=1S/C19H24F2N4O2/c1-11-10-25(18(26)27-19(2,3)4)8-7-13(11)15-16(21)24-17(23-15)14-6-5-12(20)9-22-14/h5-6,9,11,13H,7-8,10H2,1-4H3,(H,23,24). The second-order valence-corrected chi connectivity index (χ2v) is 7.95. The molecule has 1 fully saturated rings. The molecular weight excluding hydrogens is 354 g/mol. The zero-order valence-electron chi connectivity index (χ0n) is 15.9. The summed E-state index contributed by atoms with van der Waals surface area (Å²) in [6.07, 6.45) is 1.31. The molecule has 146 valence electrons. The molecule has 1 N–H and O–H groups in total. The predicted molar refractivity (Wildman–Crippen MR) is 96.1 cm³/mol. The molecule has 0 aromatic carbocycles. The Hall–Kier alpha value is -2.51. The highest BCUT2D eigenvalue weighted by Crippen LogP contribution is 2.34. The van der Waals surface area contributed by atoms with Crippen LogP contribution in [0.2, 0.25) is 0 Å². The minimum atomic E-state index is -0.585. The first-order chi connectivity index (χ1) is 12.6. The molecule has 2 unspecified atom stereocenters. The molecule has 3 rings (SSSR count). The summed E-state index contributed by atoms with van der Waals surface area (Å²) < 4.78 is 32.9. The number of amides is 1. The minimum Gasteiger partial charge on any atom is -0.444 e. The fourth-order valence-corrected chi connectivity index (χ4v) is 3.32. The molecule has 0 bridgehead atoms. The number of halogens is 2. The quantitative estimate of drug-likeness (QED) is 0.854. The number of piperidine rings is 1. The number of ether oxygens (including phenoxy) is 1. The highest BCUT2D eigenvalue weighted by Gasteiger charge is 2.34. The van der Waals surface area contributed by atoms with Gasteiger partial charge in [0.2, 0.25) is 5.95 Å². The molecule has 3 heterocycles. The topological polar surface area (TPSA) is 71.1 Å². The lowest BCUT2D eigenvalue weighted by atomic mass is 9.85. The molecule has 0 spiro atoms. The first-order valence-corrected chi connectivity index (χ1v) is 8.99. The number of likely N-dealkylation sites (tertiary alicyclic amines) is 1. The average molecular weight is 378 g/mol. The lowest BCUT2D eigenvalue weighted by Gasteiger charge is -2.37. The van der Waals surface area contributed by atoms with Gasteiger partial charge in [-0.15, -0.1) is 0 Å². The molecule has 1 saturated heterocycles. The van der Waals surface area contributed by atoms with Gasteiger partial charge in [0.25, 0.3) is 0 Å². The Morgan fingerprint density at radius 1 is 1.33 bits per heavy atom. The molecule has 8 heteroatoms. The number of aromatic amines is 1. The van der Waals surface area contributed by atoms with Gasteiger partial charge in [0.15, 0.2) is 5.82 Å². The van der Waals surface area contributed by atoms with E-state index in [4.69, 9.17) is 4.74 Å². The van der Waals surface area contributed by atoms with Crippen molar-refractivity contribution >= 4 is 6.09 Å². The maximum atomic E-state index is 14.5. The van der Waals surface area contributed by atoms with Gasteiger partial charge < -0.3 is 14.6 Å². The smallest absolute Gasteiger partial charge is 0.410 e. The van der Waals surface area contributed by atoms with Crippen molar-refractivity contribution in [1.29, 1.82) is 0 Å². The zero-order valence-corrected chi connectivity index (χ0v) is 15.9. The number of nitrogens with zero attached hydrogens (tertiary/aromatic N) is 3. The summed E-state index contributed by atoms with van der Waals surface area (Å²) in [5.74, 6) is -0.863. The van der Waals surface area contributed by atoms with Gasteiger partial charge in [0, 0.05) is 19.0 Å². The van der Waals surface area contributed by atoms with E-state index >= 15 is 0 Å². The molecular formula is C19H24F2N4O2. The van der Waals surface area contributed by atoms with Crippen molar-refractivity contribution in [3.05, 3.63) is 35.8 Å². The molecule has 2 atom stereocenters. The summed E-state index contributed by atoms with van der Waals surface area (Å²) in [6, 6.07) is 2.70. The highest BCUT2D eigenvalue weighted by molar-refractivity contribution is 5.68. The summed E-state index contributed by atoms with van der Waals surface area (Å²) in [5.41, 5.74) is 0.219. The molecule has 0 radical (unpaired) electrons. The summed E-state index contributed by atoms with van der Waals surface area (Å²) in [7, 11) is 0. The largest absolute Gasteiger partial charge is 0.444 e. The van der Waals surface area contributed by atoms with Crippen molar-refractivity contribution in [2.75, 3.05) is 13.1 Å². The molecule has 1 aliphatic rings. The predicted octanol–water partition coefficient (Wildman–Crippen LogP) is 4.11. The van der Waals surface area contributed by atoms with Crippen LogP contribution in [-0.2, 0) is 4.74 Å². The number of imidazole rings is 1. The van der Waals surface area contributed by atoms with Crippen LogP contribution < -0.4 is 0 Å². The maximum Gasteiger partial charge on any atom is 0.410 e. The number of hydrogen-bond acceptors (Lipinski definition) is 4. The van der Waals surface area contributed by atoms with Crippen LogP contribution in [0.25, 0.3) is 11.5 Å². The number of rotatable bonds is 2. The second-order valence-electron chi connectivity index (χ2n) is 7.95. The van der Waals surface area contributed by atoms with Crippen LogP contribution >= 0.6 is 0 Å². The van der Waals surface area contributed by atoms with Gasteiger partial charge in [0.05, 0.1) is 11.9 Å². The van der Waals surface area contributed by atoms with Gasteiger partial charge in [-0.3, -0.25) is 0 Å². The number of pyridine rings is 1. The van der Waals surface area contributed by atoms with Crippen molar-refractivity contribution in [2.45, 2.75) is 45.6 Å². The van der Waals surface area contributed by atoms with Gasteiger partial charge in [-0.1, -0.05) is 6.92 Å². The zero-order chi connectivity index (χ0) is 19.8. The van der Waals surface area contributed by atoms with Gasteiger partial charge in [-0.05, 0) is 45.2 Å². The van der Waals surface area contributed by atoms with Crippen LogP contribution in [-0.4, -0.2) is 44.6 Å². The van der Waals surface area contributed by atoms with E-state index in [0.29, 0.717) is 30.9 Å². The number of carbonyl (C=O) groups excluding carboxylic acids is 1. The first kappa shape index (κ1) is 19.3. The summed E-state index contributed by atoms with van der Waals surface area (Å²) in [6.45, 7) is 8.40. The van der Waals surface area contributed by atoms with Gasteiger partial charge in [0.1, 0.15) is 17.1 Å². The Balaban J connectivity index is 1.73. The minimum absolute atomic E-state index is 0.0234. The Labute approximate surface area is 157 Å². The fourth-order valence-electron chi connectivity index (χ4n) is 3.32. The number of carbonyl (C=O) groups is 1. The van der Waals surface area contributed by atoms with Crippen molar-refractivity contribution in [3.63, 3.8) is 0 Å². The number of hydrogen-bond donors (Lipinski definition) is 1. The number of H-pyrrole nitrogens is 1. The third-order valence-electron chi connectivity index (χ3n) is 4.58. The molecule has 27 heavy (non-hydrogen) atoms. The van der Waals surface area contributed by atoms with Crippen LogP contribution in [0.5, 0.6) is 0 Å². The summed E-state index contributed by atoms with van der Waals surface area (Å²) >= 11 is 0. The van der Waals surface area contributed by atoms with E-state index < -0.39 is 17.4 Å². The Kier molecular flexibility index (Phi) is 5.17. The Bertz CT molecular complexity index is 814. The van der Waals surface area contributed by atoms with Crippen molar-refractivity contribution in [2.24, 2.45) is 5.92 Å². The van der Waals surface area contributed by atoms with Crippen LogP contribution in [0.15, 0.2) is 18.3 Å². The van der Waals surface area contributed by atoms with Gasteiger partial charge >= 0.3 is 6.09 Å². The van der Waals surface area contributed by atoms with Crippen molar-refractivity contribution in [1.82, 2.24) is 19.9 Å². The van der Waals surface area contributed by atoms with E-state index in [1.807, 2.05) is 27.7 Å². The maximum absolute atomic E-state index is 14.5. The lowest BCUT2D eigenvalue weighted by Crippen LogP contribution is -2.44. The van der Waals surface area contributed by atoms with Crippen LogP contribution in [0.3, 0.4) is 0 Å². The van der Waals surface area contributed by atoms with E-state index in [0.717, 1.165) is 6.20 Å². The highest BCUT2D eigenvalue weighted by atomic mass is 19.1. The summed E-state index contributed by atoms with van der Waals surface area (Å²) in [5, 5.41) is 0. The van der Waals surface area contributed by atoms with Crippen LogP contribution in [0.1, 0.15) is 45.7 Å². The molecule has 2 aromatic rings. The third-order valence-corrected chi connectivity index (χ3v) is 4.58. The average Bonchev–Trinajstić information content (AvgIpc) is 2.95. The van der Waals surface area contributed by atoms with Gasteiger partial charge in [-0.25, -0.2) is 14.2 Å². The van der Waals surface area contributed by atoms with E-state index in [1.165, 1.54) is 12.1 Å². The SMILES string of the molecule is CC1CN(C(=O)OC(C)(C)C)CCC1c1[nH]c(-c2ccc(F)cn2)nc1F. The Morgan fingerprint density at radius 3 is 2.67 bits per heavy atom. The van der Waals surface area contributed by atoms with E-state index in [-0.39, 0.29) is 23.8 Å². The molecule has 1 amide bonds. The van der Waals surface area contributed by atoms with Crippen LogP contribution in [0.4, 0.5) is 13.6 Å². The lowest BCUT2D eigenvalue weighted by molar-refractivity contribution is 0.0153. The normalized spacial score (nSPS) is 20.6. The molecule has 2 aromatic heterocycles. The fraction of sp³-hybridized carbons (Fsp3) is 0.526. The van der Waals surface area contributed by atoms with Gasteiger partial charge in [-0.2, -0.15) is 9.37 Å². The second kappa shape index (κ2) is 7.25. The van der Waals surface area contributed by atoms with E-state index in [2.05, 4.69) is 15.0 Å². The molecule has 1 aliphatic heterocycles. The third kappa shape index (κ3) is 4.43. The molecule has 0 saturated carbocycles. The van der Waals surface area contributed by atoms with E-state index in [9.17, 15) is 13.6 Å². The van der Waals surface area contributed by atoms with E-state index in [1.54, 1.807) is 4.90 Å². The van der Waals surface area contributed by atoms with Crippen LogP contribution in [0, 0.1) is 17.7 Å². The molecule has 6 nitrogen and oxygen atoms in total. The monoisotopic (exact) mass is 378 g/mol. The first-order valence-electron chi connectivity index (χ1n) is 8.99. The molecule has 0 aliphatic carbocycles. The van der Waals surface area contributed by atoms with Crippen molar-refractivity contribution < 1.29 is 18.3 Å².